The molecule has 0 heterocycles. The van der Waals surface area contributed by atoms with Crippen LogP contribution in [0, 0.1) is 11.5 Å². The predicted molar refractivity (Wildman–Crippen MR) is 51.1 cm³/mol. The van der Waals surface area contributed by atoms with Gasteiger partial charge in [0.05, 0.1) is 0 Å². The summed E-state index contributed by atoms with van der Waals surface area (Å²) in [4.78, 5) is 20.9. The Kier molecular flexibility index (Phi) is 4.94. The van der Waals surface area contributed by atoms with Crippen molar-refractivity contribution in [1.29, 1.82) is 0 Å². The van der Waals surface area contributed by atoms with Gasteiger partial charge in [-0.3, -0.25) is 4.79 Å². The van der Waals surface area contributed by atoms with Gasteiger partial charge in [0.2, 0.25) is 0 Å². The number of hydrogen-bond donors (Lipinski definition) is 0. The normalized spacial score (nSPS) is 9.93. The minimum Gasteiger partial charge on any atom is -0.445 e. The lowest BCUT2D eigenvalue weighted by Crippen LogP contribution is -2.26. The molecule has 0 aliphatic heterocycles. The van der Waals surface area contributed by atoms with E-state index in [0.29, 0.717) is 0 Å². The van der Waals surface area contributed by atoms with Crippen LogP contribution in [0.2, 0.25) is 19.6 Å². The van der Waals surface area contributed by atoms with Crippen molar-refractivity contribution >= 4 is 20.0 Å². The van der Waals surface area contributed by atoms with Gasteiger partial charge in [-0.2, -0.15) is 0 Å². The second kappa shape index (κ2) is 5.46. The van der Waals surface area contributed by atoms with E-state index in [0.717, 1.165) is 0 Å². The smallest absolute Gasteiger partial charge is 0.403 e. The van der Waals surface area contributed by atoms with Crippen molar-refractivity contribution in [3.8, 4) is 11.5 Å². The molecular formula is C8H11F2NO3Si. The molecule has 1 amide bonds. The zero-order valence-corrected chi connectivity index (χ0v) is 9.63. The Bertz CT molecular complexity index is 314. The minimum absolute atomic E-state index is 0.345. The molecule has 4 nitrogen and oxygen atoms in total. The van der Waals surface area contributed by atoms with Gasteiger partial charge in [0.25, 0.3) is 0 Å². The van der Waals surface area contributed by atoms with Crippen molar-refractivity contribution in [2.24, 2.45) is 0 Å². The third kappa shape index (κ3) is 6.62. The molecule has 0 aromatic heterocycles. The molecule has 0 bridgehead atoms. The number of rotatable bonds is 1. The molecule has 0 aromatic carbocycles. The number of carbonyl (C=O) groups is 2. The number of nitrogens with zero attached hydrogens (tertiary/aromatic N) is 1. The highest BCUT2D eigenvalue weighted by atomic mass is 28.3. The second-order valence-electron chi connectivity index (χ2n) is 3.67. The van der Waals surface area contributed by atoms with E-state index in [1.807, 2.05) is 19.6 Å². The van der Waals surface area contributed by atoms with Gasteiger partial charge in [-0.05, 0) is 0 Å². The lowest BCUT2D eigenvalue weighted by molar-refractivity contribution is -0.196. The first kappa shape index (κ1) is 13.6. The van der Waals surface area contributed by atoms with Crippen molar-refractivity contribution in [3.05, 3.63) is 0 Å². The van der Waals surface area contributed by atoms with Crippen molar-refractivity contribution < 1.29 is 23.3 Å². The molecule has 0 rings (SSSR count). The number of halogens is 2. The maximum absolute atomic E-state index is 11.5. The van der Waals surface area contributed by atoms with Gasteiger partial charge in [0.15, 0.2) is 6.61 Å². The number of esters is 1. The topological polar surface area (TPSA) is 46.6 Å². The average molecular weight is 235 g/mol. The van der Waals surface area contributed by atoms with Crippen LogP contribution < -0.4 is 0 Å². The highest BCUT2D eigenvalue weighted by molar-refractivity contribution is 6.83. The molecule has 0 radical (unpaired) electrons. The van der Waals surface area contributed by atoms with E-state index < -0.39 is 25.3 Å². The molecule has 84 valence electrons. The van der Waals surface area contributed by atoms with Gasteiger partial charge in [-0.1, -0.05) is 34.5 Å². The lowest BCUT2D eigenvalue weighted by atomic mass is 10.6. The summed E-state index contributed by atoms with van der Waals surface area (Å²) in [6.07, 6.45) is 0. The van der Waals surface area contributed by atoms with Crippen molar-refractivity contribution in [2.45, 2.75) is 19.6 Å². The van der Waals surface area contributed by atoms with Gasteiger partial charge < -0.3 is 4.74 Å². The highest BCUT2D eigenvalue weighted by Gasteiger charge is 2.23. The zero-order valence-electron chi connectivity index (χ0n) is 8.63. The van der Waals surface area contributed by atoms with Gasteiger partial charge in [-0.25, -0.2) is 4.79 Å². The maximum Gasteiger partial charge on any atom is 0.403 e. The molecule has 0 saturated heterocycles. The Morgan fingerprint density at radius 1 is 1.33 bits per heavy atom. The summed E-state index contributed by atoms with van der Waals surface area (Å²) in [5.74, 6) is -1.10. The molecule has 15 heavy (non-hydrogen) atoms. The standard InChI is InChI=1S/C8H11F2NO3Si/c1-15(2,3)6-4-5-14-8(13)7(12)11(9)10/h5H2,1-3H3. The predicted octanol–water partition coefficient (Wildman–Crippen LogP) is 1.01. The van der Waals surface area contributed by atoms with Crippen LogP contribution in [0.3, 0.4) is 0 Å². The number of amides is 1. The summed E-state index contributed by atoms with van der Waals surface area (Å²) in [7, 11) is -1.57. The van der Waals surface area contributed by atoms with Crippen LogP contribution in [0.5, 0.6) is 0 Å². The van der Waals surface area contributed by atoms with Gasteiger partial charge >= 0.3 is 11.9 Å². The second-order valence-corrected chi connectivity index (χ2v) is 8.42. The number of hydrogen-bond acceptors (Lipinski definition) is 3. The van der Waals surface area contributed by atoms with Crippen LogP contribution in [0.1, 0.15) is 0 Å². The summed E-state index contributed by atoms with van der Waals surface area (Å²) in [5, 5.41) is -1.83. The van der Waals surface area contributed by atoms with E-state index in [9.17, 15) is 18.6 Å². The Hall–Kier alpha value is -1.42. The van der Waals surface area contributed by atoms with Crippen LogP contribution in [0.15, 0.2) is 0 Å². The third-order valence-electron chi connectivity index (χ3n) is 1.07. The molecule has 0 aromatic rings. The first-order valence-electron chi connectivity index (χ1n) is 4.07. The maximum atomic E-state index is 11.5. The van der Waals surface area contributed by atoms with Crippen LogP contribution in [-0.2, 0) is 14.3 Å². The SMILES string of the molecule is C[Si](C)(C)C#CCOC(=O)C(=O)N(F)F. The molecular weight excluding hydrogens is 224 g/mol. The molecule has 0 aliphatic rings. The van der Waals surface area contributed by atoms with E-state index in [1.54, 1.807) is 0 Å². The third-order valence-corrected chi connectivity index (χ3v) is 1.99. The van der Waals surface area contributed by atoms with Crippen LogP contribution in [-0.4, -0.2) is 31.9 Å². The van der Waals surface area contributed by atoms with Crippen LogP contribution in [0.25, 0.3) is 0 Å². The zero-order chi connectivity index (χ0) is 12.1. The summed E-state index contributed by atoms with van der Waals surface area (Å²) >= 11 is 0. The molecule has 0 atom stereocenters. The summed E-state index contributed by atoms with van der Waals surface area (Å²) in [5.41, 5.74) is 2.84. The molecule has 0 spiro atoms. The monoisotopic (exact) mass is 235 g/mol. The Morgan fingerprint density at radius 3 is 2.27 bits per heavy atom. The quantitative estimate of drug-likeness (QED) is 0.224. The van der Waals surface area contributed by atoms with Gasteiger partial charge in [0.1, 0.15) is 8.07 Å². The summed E-state index contributed by atoms with van der Waals surface area (Å²) < 4.78 is 27.3. The van der Waals surface area contributed by atoms with E-state index in [-0.39, 0.29) is 6.61 Å². The van der Waals surface area contributed by atoms with Crippen LogP contribution in [0.4, 0.5) is 8.96 Å². The Morgan fingerprint density at radius 2 is 1.87 bits per heavy atom. The van der Waals surface area contributed by atoms with E-state index in [2.05, 4.69) is 16.2 Å². The first-order valence-corrected chi connectivity index (χ1v) is 7.57. The fraction of sp³-hybridized carbons (Fsp3) is 0.500. The van der Waals surface area contributed by atoms with Crippen molar-refractivity contribution in [3.63, 3.8) is 0 Å². The van der Waals surface area contributed by atoms with Crippen LogP contribution >= 0.6 is 0 Å². The fourth-order valence-corrected chi connectivity index (χ4v) is 1.14. The molecule has 0 fully saturated rings. The lowest BCUT2D eigenvalue weighted by Gasteiger charge is -2.03. The fourth-order valence-electron chi connectivity index (χ4n) is 0.534. The summed E-state index contributed by atoms with van der Waals surface area (Å²) in [6, 6.07) is 0. The molecule has 0 saturated carbocycles. The molecule has 0 unspecified atom stereocenters. The van der Waals surface area contributed by atoms with E-state index in [1.165, 1.54) is 0 Å². The minimum atomic E-state index is -2.00. The Balaban J connectivity index is 4.02. The Labute approximate surface area is 87.1 Å². The average Bonchev–Trinajstić information content (AvgIpc) is 2.09. The number of carbonyl (C=O) groups excluding carboxylic acids is 2. The summed E-state index contributed by atoms with van der Waals surface area (Å²) in [6.45, 7) is 5.57. The van der Waals surface area contributed by atoms with Crippen molar-refractivity contribution in [1.82, 2.24) is 5.34 Å². The largest absolute Gasteiger partial charge is 0.445 e. The number of ether oxygens (including phenoxy) is 1. The first-order chi connectivity index (χ1) is 6.74. The molecule has 0 aliphatic carbocycles. The van der Waals surface area contributed by atoms with Gasteiger partial charge in [-0.15, -0.1) is 5.54 Å². The molecule has 0 N–H and O–H groups in total. The van der Waals surface area contributed by atoms with Gasteiger partial charge in [0, 0.05) is 5.34 Å². The highest BCUT2D eigenvalue weighted by Crippen LogP contribution is 1.96. The van der Waals surface area contributed by atoms with Crippen molar-refractivity contribution in [2.75, 3.05) is 6.61 Å². The van der Waals surface area contributed by atoms with E-state index >= 15 is 0 Å². The van der Waals surface area contributed by atoms with E-state index in [4.69, 9.17) is 0 Å². The molecule has 7 heteroatoms.